The number of hydrogen-bond acceptors (Lipinski definition) is 8. The average molecular weight is 379 g/mol. The monoisotopic (exact) mass is 379 g/mol. The van der Waals surface area contributed by atoms with E-state index in [2.05, 4.69) is 15.5 Å². The van der Waals surface area contributed by atoms with E-state index in [0.29, 0.717) is 12.2 Å². The van der Waals surface area contributed by atoms with Gasteiger partial charge in [0.25, 0.3) is 0 Å². The minimum Gasteiger partial charge on any atom is -0.497 e. The summed E-state index contributed by atoms with van der Waals surface area (Å²) in [5.74, 6) is 1.13. The number of carbonyl (C=O) groups excluding carboxylic acids is 2. The lowest BCUT2D eigenvalue weighted by Gasteiger charge is -2.15. The van der Waals surface area contributed by atoms with E-state index in [1.807, 2.05) is 6.26 Å². The van der Waals surface area contributed by atoms with Crippen LogP contribution in [0.3, 0.4) is 0 Å². The molecule has 0 fully saturated rings. The second-order valence-electron chi connectivity index (χ2n) is 5.34. The number of methoxy groups -OCH3 is 2. The van der Waals surface area contributed by atoms with Crippen LogP contribution < -0.4 is 10.1 Å². The van der Waals surface area contributed by atoms with E-state index in [0.717, 1.165) is 17.1 Å². The molecule has 0 aliphatic heterocycles. The first kappa shape index (κ1) is 19.8. The van der Waals surface area contributed by atoms with E-state index in [1.54, 1.807) is 43.1 Å². The smallest absolute Gasteiger partial charge is 0.328 e. The molecule has 0 radical (unpaired) electrons. The molecule has 9 heteroatoms. The maximum absolute atomic E-state index is 12.2. The van der Waals surface area contributed by atoms with Crippen LogP contribution in [0.15, 0.2) is 28.8 Å². The highest BCUT2D eigenvalue weighted by molar-refractivity contribution is 7.98. The number of carbonyl (C=O) groups is 2. The Morgan fingerprint density at radius 2 is 2.00 bits per heavy atom. The molecule has 26 heavy (non-hydrogen) atoms. The fourth-order valence-corrected chi connectivity index (χ4v) is 2.67. The van der Waals surface area contributed by atoms with Crippen LogP contribution >= 0.6 is 11.8 Å². The summed E-state index contributed by atoms with van der Waals surface area (Å²) in [6.45, 7) is 0. The first-order valence-corrected chi connectivity index (χ1v) is 9.30. The van der Waals surface area contributed by atoms with Gasteiger partial charge in [0.05, 0.1) is 14.2 Å². The number of amides is 1. The molecule has 2 rings (SSSR count). The van der Waals surface area contributed by atoms with E-state index in [-0.39, 0.29) is 18.2 Å². The van der Waals surface area contributed by atoms with Gasteiger partial charge in [-0.1, -0.05) is 5.16 Å². The molecular weight excluding hydrogens is 358 g/mol. The molecule has 8 nitrogen and oxygen atoms in total. The van der Waals surface area contributed by atoms with E-state index in [1.165, 1.54) is 7.11 Å². The SMILES string of the molecule is COC(=O)[C@H](CCSC)NC(=O)Cc1nc(-c2ccc(OC)cc2)no1. The van der Waals surface area contributed by atoms with Crippen molar-refractivity contribution in [2.45, 2.75) is 18.9 Å². The van der Waals surface area contributed by atoms with Gasteiger partial charge in [0, 0.05) is 5.56 Å². The predicted molar refractivity (Wildman–Crippen MR) is 96.9 cm³/mol. The molecule has 1 N–H and O–H groups in total. The van der Waals surface area contributed by atoms with Gasteiger partial charge in [0.15, 0.2) is 0 Å². The van der Waals surface area contributed by atoms with Crippen molar-refractivity contribution in [3.8, 4) is 17.1 Å². The van der Waals surface area contributed by atoms with Crippen LogP contribution in [0.5, 0.6) is 5.75 Å². The van der Waals surface area contributed by atoms with Gasteiger partial charge < -0.3 is 19.3 Å². The third kappa shape index (κ3) is 5.48. The lowest BCUT2D eigenvalue weighted by Crippen LogP contribution is -2.42. The van der Waals surface area contributed by atoms with E-state index >= 15 is 0 Å². The zero-order valence-corrected chi connectivity index (χ0v) is 15.7. The summed E-state index contributed by atoms with van der Waals surface area (Å²) >= 11 is 1.58. The first-order valence-electron chi connectivity index (χ1n) is 7.90. The summed E-state index contributed by atoms with van der Waals surface area (Å²) < 4.78 is 14.9. The van der Waals surface area contributed by atoms with Crippen LogP contribution in [0.25, 0.3) is 11.4 Å². The van der Waals surface area contributed by atoms with Crippen LogP contribution in [0.4, 0.5) is 0 Å². The molecule has 1 atom stereocenters. The summed E-state index contributed by atoms with van der Waals surface area (Å²) in [6, 6.07) is 6.46. The molecule has 0 unspecified atom stereocenters. The second kappa shape index (κ2) is 9.81. The topological polar surface area (TPSA) is 104 Å². The quantitative estimate of drug-likeness (QED) is 0.657. The maximum Gasteiger partial charge on any atom is 0.328 e. The molecule has 0 aliphatic rings. The van der Waals surface area contributed by atoms with Crippen molar-refractivity contribution in [2.24, 2.45) is 0 Å². The van der Waals surface area contributed by atoms with E-state index in [4.69, 9.17) is 14.0 Å². The summed E-state index contributed by atoms with van der Waals surface area (Å²) in [6.07, 6.45) is 2.30. The fourth-order valence-electron chi connectivity index (χ4n) is 2.19. The molecule has 2 aromatic rings. The van der Waals surface area contributed by atoms with Crippen molar-refractivity contribution in [1.29, 1.82) is 0 Å². The van der Waals surface area contributed by atoms with Crippen molar-refractivity contribution in [3.63, 3.8) is 0 Å². The van der Waals surface area contributed by atoms with Crippen molar-refractivity contribution in [1.82, 2.24) is 15.5 Å². The summed E-state index contributed by atoms with van der Waals surface area (Å²) in [4.78, 5) is 28.1. The third-order valence-corrected chi connectivity index (χ3v) is 4.20. The molecule has 0 saturated carbocycles. The largest absolute Gasteiger partial charge is 0.497 e. The Labute approximate surface area is 155 Å². The van der Waals surface area contributed by atoms with Gasteiger partial charge in [-0.3, -0.25) is 4.79 Å². The Balaban J connectivity index is 1.98. The molecule has 0 saturated heterocycles. The summed E-state index contributed by atoms with van der Waals surface area (Å²) in [7, 11) is 2.88. The first-order chi connectivity index (χ1) is 12.6. The minimum atomic E-state index is -0.691. The normalized spacial score (nSPS) is 11.7. The highest BCUT2D eigenvalue weighted by atomic mass is 32.2. The Morgan fingerprint density at radius 1 is 1.27 bits per heavy atom. The third-order valence-electron chi connectivity index (χ3n) is 3.56. The van der Waals surface area contributed by atoms with E-state index < -0.39 is 12.0 Å². The van der Waals surface area contributed by atoms with Crippen LogP contribution in [0.1, 0.15) is 12.3 Å². The lowest BCUT2D eigenvalue weighted by atomic mass is 10.2. The Morgan fingerprint density at radius 3 is 2.62 bits per heavy atom. The molecular formula is C17H21N3O5S. The summed E-state index contributed by atoms with van der Waals surface area (Å²) in [5, 5.41) is 6.52. The van der Waals surface area contributed by atoms with Gasteiger partial charge in [-0.05, 0) is 42.7 Å². The Hall–Kier alpha value is -2.55. The Bertz CT molecular complexity index is 732. The van der Waals surface area contributed by atoms with Crippen molar-refractivity contribution in [2.75, 3.05) is 26.2 Å². The molecule has 0 bridgehead atoms. The number of esters is 1. The number of ether oxygens (including phenoxy) is 2. The second-order valence-corrected chi connectivity index (χ2v) is 6.33. The molecule has 0 spiro atoms. The van der Waals surface area contributed by atoms with Gasteiger partial charge in [0.1, 0.15) is 18.2 Å². The van der Waals surface area contributed by atoms with Gasteiger partial charge in [-0.25, -0.2) is 4.79 Å². The zero-order chi connectivity index (χ0) is 18.9. The number of thioether (sulfide) groups is 1. The average Bonchev–Trinajstić information content (AvgIpc) is 3.12. The standard InChI is InChI=1S/C17H21N3O5S/c1-23-12-6-4-11(5-7-12)16-19-15(25-20-16)10-14(21)18-13(8-9-26-3)17(22)24-2/h4-7,13H,8-10H2,1-3H3,(H,18,21)/t13-/m0/s1. The van der Waals surface area contributed by atoms with Crippen molar-refractivity contribution < 1.29 is 23.6 Å². The minimum absolute atomic E-state index is 0.115. The fraction of sp³-hybridized carbons (Fsp3) is 0.412. The maximum atomic E-state index is 12.2. The predicted octanol–water partition coefficient (Wildman–Crippen LogP) is 1.70. The van der Waals surface area contributed by atoms with Crippen molar-refractivity contribution >= 4 is 23.6 Å². The van der Waals surface area contributed by atoms with Gasteiger partial charge in [0.2, 0.25) is 17.6 Å². The van der Waals surface area contributed by atoms with Crippen LogP contribution in [0.2, 0.25) is 0 Å². The van der Waals surface area contributed by atoms with Crippen LogP contribution in [0, 0.1) is 0 Å². The van der Waals surface area contributed by atoms with E-state index in [9.17, 15) is 9.59 Å². The molecule has 1 heterocycles. The van der Waals surface area contributed by atoms with Gasteiger partial charge in [-0.2, -0.15) is 16.7 Å². The van der Waals surface area contributed by atoms with Gasteiger partial charge in [-0.15, -0.1) is 0 Å². The molecule has 1 aromatic carbocycles. The van der Waals surface area contributed by atoms with Crippen LogP contribution in [-0.2, 0) is 20.7 Å². The molecule has 1 amide bonds. The number of benzene rings is 1. The number of nitrogens with zero attached hydrogens (tertiary/aromatic N) is 2. The number of aromatic nitrogens is 2. The number of nitrogens with one attached hydrogen (secondary N) is 1. The molecule has 140 valence electrons. The van der Waals surface area contributed by atoms with Crippen LogP contribution in [-0.4, -0.2) is 54.3 Å². The lowest BCUT2D eigenvalue weighted by molar-refractivity contribution is -0.145. The number of hydrogen-bond donors (Lipinski definition) is 1. The van der Waals surface area contributed by atoms with Gasteiger partial charge >= 0.3 is 5.97 Å². The summed E-state index contributed by atoms with van der Waals surface area (Å²) in [5.41, 5.74) is 0.744. The molecule has 0 aliphatic carbocycles. The number of rotatable bonds is 9. The highest BCUT2D eigenvalue weighted by Gasteiger charge is 2.22. The zero-order valence-electron chi connectivity index (χ0n) is 14.9. The molecule has 1 aromatic heterocycles. The highest BCUT2D eigenvalue weighted by Crippen LogP contribution is 2.19. The Kier molecular flexibility index (Phi) is 7.46. The van der Waals surface area contributed by atoms with Crippen molar-refractivity contribution in [3.05, 3.63) is 30.2 Å².